The van der Waals surface area contributed by atoms with Gasteiger partial charge in [0.05, 0.1) is 26.2 Å². The van der Waals surface area contributed by atoms with Gasteiger partial charge in [-0.3, -0.25) is 23.4 Å². The van der Waals surface area contributed by atoms with Gasteiger partial charge >= 0.3 is 25.7 Å². The third kappa shape index (κ3) is 51.6. The highest BCUT2D eigenvalue weighted by Crippen LogP contribution is 2.43. The predicted molar refractivity (Wildman–Crippen MR) is 298 cm³/mol. The van der Waals surface area contributed by atoms with Crippen LogP contribution in [-0.4, -0.2) is 66.5 Å². The van der Waals surface area contributed by atoms with Crippen LogP contribution in [0.3, 0.4) is 0 Å². The molecule has 0 saturated carbocycles. The highest BCUT2D eigenvalue weighted by Gasteiger charge is 2.28. The molecular formula is C60H103O11P. The fourth-order valence-corrected chi connectivity index (χ4v) is 8.30. The summed E-state index contributed by atoms with van der Waals surface area (Å²) in [7, 11) is -4.77. The number of allylic oxidation sites excluding steroid dienone is 13. The predicted octanol–water partition coefficient (Wildman–Crippen LogP) is 16.7. The summed E-state index contributed by atoms with van der Waals surface area (Å²) in [6.07, 6.45) is 61.4. The van der Waals surface area contributed by atoms with E-state index in [1.54, 1.807) is 6.08 Å². The van der Waals surface area contributed by atoms with Crippen LogP contribution in [0, 0.1) is 0 Å². The normalized spacial score (nSPS) is 14.0. The molecule has 414 valence electrons. The maximum atomic E-state index is 12.9. The topological polar surface area (TPSA) is 155 Å². The minimum Gasteiger partial charge on any atom is -0.461 e. The number of phosphoric acid groups is 1. The fraction of sp³-hybridized carbons (Fsp3) is 0.717. The standard InChI is InChI=1S/C60H103O11P/c1-4-7-10-13-16-19-22-25-27-28-30-33-36-39-42-45-48-51-60(64)71-57(53-67-58(62)49-46-43-40-37-34-32-29-26-23-20-17-14-11-8-5-2)55-69-72(65,66)68-54-56(52-61)70-59(63)50-47-44-41-38-35-31-24-21-18-15-12-9-6-3/h8,11,16-17,19-20,25-27,29,34,37,43,46,56-57,61H,4-7,9-10,12-15,18,21-24,28,30-33,35-36,38-42,44-45,47-55H2,1-3H3,(H,65,66)/b11-8-,19-16-,20-17-,27-25-,29-26-,37-34-,46-43-. The van der Waals surface area contributed by atoms with Gasteiger partial charge in [-0.15, -0.1) is 0 Å². The number of aliphatic hydroxyl groups is 1. The fourth-order valence-electron chi connectivity index (χ4n) is 7.52. The van der Waals surface area contributed by atoms with E-state index in [9.17, 15) is 28.9 Å². The molecule has 12 heteroatoms. The zero-order valence-electron chi connectivity index (χ0n) is 45.6. The largest absolute Gasteiger partial charge is 0.472 e. The Bertz CT molecular complexity index is 1530. The van der Waals surface area contributed by atoms with E-state index in [2.05, 4.69) is 87.6 Å². The molecule has 0 aromatic heterocycles. The Balaban J connectivity index is 4.84. The Morgan fingerprint density at radius 3 is 1.21 bits per heavy atom. The number of aliphatic hydroxyl groups excluding tert-OH is 1. The van der Waals surface area contributed by atoms with Gasteiger partial charge in [0.2, 0.25) is 0 Å². The van der Waals surface area contributed by atoms with E-state index in [0.717, 1.165) is 83.5 Å². The average molecular weight is 1030 g/mol. The summed E-state index contributed by atoms with van der Waals surface area (Å²) >= 11 is 0. The number of hydrogen-bond donors (Lipinski definition) is 2. The third-order valence-corrected chi connectivity index (χ3v) is 12.8. The van der Waals surface area contributed by atoms with Gasteiger partial charge in [-0.25, -0.2) is 4.57 Å². The number of carbonyl (C=O) groups excluding carboxylic acids is 3. The first-order valence-electron chi connectivity index (χ1n) is 28.5. The first-order chi connectivity index (χ1) is 35.2. The molecule has 3 unspecified atom stereocenters. The Morgan fingerprint density at radius 1 is 0.417 bits per heavy atom. The molecule has 0 bridgehead atoms. The number of ether oxygens (including phenoxy) is 3. The number of unbranched alkanes of at least 4 members (excludes halogenated alkanes) is 22. The van der Waals surface area contributed by atoms with Gasteiger partial charge in [0, 0.05) is 12.8 Å². The second-order valence-corrected chi connectivity index (χ2v) is 20.2. The lowest BCUT2D eigenvalue weighted by Gasteiger charge is -2.21. The molecule has 0 fully saturated rings. The first kappa shape index (κ1) is 68.7. The molecule has 0 aliphatic carbocycles. The van der Waals surface area contributed by atoms with Crippen molar-refractivity contribution < 1.29 is 52.2 Å². The Kier molecular flexibility index (Phi) is 51.4. The van der Waals surface area contributed by atoms with Crippen LogP contribution in [0.15, 0.2) is 85.1 Å². The SMILES string of the molecule is CC/C=C\C/C=C\C/C=C\C/C=C\C/C=C\CC(=O)OCC(COP(=O)(O)OCC(CO)OC(=O)CCCCCCCCCCCCCCC)OC(=O)CCCCCCCCC/C=C\C/C=C\CCCCC. The molecule has 0 aliphatic rings. The van der Waals surface area contributed by atoms with Crippen molar-refractivity contribution in [2.24, 2.45) is 0 Å². The van der Waals surface area contributed by atoms with Gasteiger partial charge in [0.25, 0.3) is 0 Å². The van der Waals surface area contributed by atoms with Crippen molar-refractivity contribution >= 4 is 25.7 Å². The second kappa shape index (κ2) is 53.9. The van der Waals surface area contributed by atoms with E-state index in [1.165, 1.54) is 96.3 Å². The van der Waals surface area contributed by atoms with Crippen LogP contribution < -0.4 is 0 Å². The molecule has 72 heavy (non-hydrogen) atoms. The lowest BCUT2D eigenvalue weighted by molar-refractivity contribution is -0.161. The highest BCUT2D eigenvalue weighted by molar-refractivity contribution is 7.47. The van der Waals surface area contributed by atoms with Gasteiger partial charge < -0.3 is 24.2 Å². The van der Waals surface area contributed by atoms with Crippen molar-refractivity contribution in [3.8, 4) is 0 Å². The number of carbonyl (C=O) groups is 3. The van der Waals surface area contributed by atoms with Crippen molar-refractivity contribution in [1.29, 1.82) is 0 Å². The average Bonchev–Trinajstić information content (AvgIpc) is 3.37. The van der Waals surface area contributed by atoms with E-state index < -0.39 is 64.4 Å². The monoisotopic (exact) mass is 1030 g/mol. The van der Waals surface area contributed by atoms with Gasteiger partial charge in [-0.1, -0.05) is 228 Å². The smallest absolute Gasteiger partial charge is 0.461 e. The van der Waals surface area contributed by atoms with Crippen molar-refractivity contribution in [2.45, 2.75) is 251 Å². The van der Waals surface area contributed by atoms with Crippen LogP contribution in [0.1, 0.15) is 239 Å². The van der Waals surface area contributed by atoms with Crippen molar-refractivity contribution in [3.05, 3.63) is 85.1 Å². The summed E-state index contributed by atoms with van der Waals surface area (Å²) in [5.41, 5.74) is 0. The van der Waals surface area contributed by atoms with Gasteiger partial charge in [0.1, 0.15) is 12.7 Å². The molecule has 0 saturated heterocycles. The molecule has 3 atom stereocenters. The van der Waals surface area contributed by atoms with Crippen LogP contribution in [0.5, 0.6) is 0 Å². The molecule has 0 heterocycles. The maximum Gasteiger partial charge on any atom is 0.472 e. The summed E-state index contributed by atoms with van der Waals surface area (Å²) in [4.78, 5) is 48.4. The molecule has 0 rings (SSSR count). The minimum atomic E-state index is -4.77. The van der Waals surface area contributed by atoms with Crippen LogP contribution in [0.25, 0.3) is 0 Å². The van der Waals surface area contributed by atoms with E-state index in [-0.39, 0.29) is 19.3 Å². The van der Waals surface area contributed by atoms with E-state index >= 15 is 0 Å². The molecule has 0 amide bonds. The second-order valence-electron chi connectivity index (χ2n) is 18.7. The molecule has 11 nitrogen and oxygen atoms in total. The van der Waals surface area contributed by atoms with Crippen LogP contribution in [-0.2, 0) is 42.2 Å². The van der Waals surface area contributed by atoms with E-state index in [4.69, 9.17) is 23.3 Å². The van der Waals surface area contributed by atoms with E-state index in [1.807, 2.05) is 12.2 Å². The summed E-state index contributed by atoms with van der Waals surface area (Å²) in [5.74, 6) is -1.62. The third-order valence-electron chi connectivity index (χ3n) is 11.8. The van der Waals surface area contributed by atoms with Crippen LogP contribution in [0.4, 0.5) is 0 Å². The van der Waals surface area contributed by atoms with Crippen LogP contribution in [0.2, 0.25) is 0 Å². The number of rotatable bonds is 52. The van der Waals surface area contributed by atoms with Gasteiger partial charge in [-0.05, 0) is 77.0 Å². The Morgan fingerprint density at radius 2 is 0.764 bits per heavy atom. The summed E-state index contributed by atoms with van der Waals surface area (Å²) in [6.45, 7) is 4.39. The Hall–Kier alpha value is -3.34. The quantitative estimate of drug-likeness (QED) is 0.0197. The van der Waals surface area contributed by atoms with Crippen LogP contribution >= 0.6 is 7.82 Å². The highest BCUT2D eigenvalue weighted by atomic mass is 31.2. The van der Waals surface area contributed by atoms with Gasteiger partial charge in [0.15, 0.2) is 6.10 Å². The summed E-state index contributed by atoms with van der Waals surface area (Å²) < 4.78 is 39.4. The molecule has 0 aromatic carbocycles. The van der Waals surface area contributed by atoms with Crippen molar-refractivity contribution in [3.63, 3.8) is 0 Å². The zero-order chi connectivity index (χ0) is 52.7. The number of hydrogen-bond acceptors (Lipinski definition) is 10. The molecule has 0 radical (unpaired) electrons. The first-order valence-corrected chi connectivity index (χ1v) is 30.0. The Labute approximate surface area is 439 Å². The van der Waals surface area contributed by atoms with Gasteiger partial charge in [-0.2, -0.15) is 0 Å². The molecule has 0 aromatic rings. The molecule has 0 aliphatic heterocycles. The lowest BCUT2D eigenvalue weighted by Crippen LogP contribution is -2.30. The minimum absolute atomic E-state index is 0.00910. The van der Waals surface area contributed by atoms with Crippen molar-refractivity contribution in [2.75, 3.05) is 26.4 Å². The summed E-state index contributed by atoms with van der Waals surface area (Å²) in [5, 5.41) is 9.80. The van der Waals surface area contributed by atoms with E-state index in [0.29, 0.717) is 19.3 Å². The van der Waals surface area contributed by atoms with Crippen molar-refractivity contribution in [1.82, 2.24) is 0 Å². The number of esters is 3. The lowest BCUT2D eigenvalue weighted by atomic mass is 10.0. The zero-order valence-corrected chi connectivity index (χ0v) is 46.5. The molecular weight excluding hydrogens is 928 g/mol. The summed E-state index contributed by atoms with van der Waals surface area (Å²) in [6, 6.07) is 0. The maximum absolute atomic E-state index is 12.9. The molecule has 0 spiro atoms. The number of phosphoric ester groups is 1. The molecule has 2 N–H and O–H groups in total.